The molecule has 1 nitrogen and oxygen atoms in total. The lowest BCUT2D eigenvalue weighted by Crippen LogP contribution is -2.23. The number of hydrogen-bond acceptors (Lipinski definition) is 1. The second-order valence-electron chi connectivity index (χ2n) is 4.64. The average Bonchev–Trinajstić information content (AvgIpc) is 2.38. The van der Waals surface area contributed by atoms with Crippen molar-refractivity contribution in [2.24, 2.45) is 0 Å². The molecule has 0 spiro atoms. The van der Waals surface area contributed by atoms with Crippen molar-refractivity contribution in [2.45, 2.75) is 19.4 Å². The molecule has 2 aromatic carbocycles. The average molecular weight is 340 g/mol. The Morgan fingerprint density at radius 1 is 1.05 bits per heavy atom. The van der Waals surface area contributed by atoms with Gasteiger partial charge in [0.1, 0.15) is 11.6 Å². The van der Waals surface area contributed by atoms with E-state index >= 15 is 0 Å². The summed E-state index contributed by atoms with van der Waals surface area (Å²) < 4.78 is 27.8. The smallest absolute Gasteiger partial charge is 0.126 e. The summed E-state index contributed by atoms with van der Waals surface area (Å²) in [5.74, 6) is -1.11. The fourth-order valence-electron chi connectivity index (χ4n) is 2.14. The molecule has 1 N–H and O–H groups in total. The molecule has 0 amide bonds. The lowest BCUT2D eigenvalue weighted by atomic mass is 9.98. The molecule has 2 aromatic rings. The van der Waals surface area contributed by atoms with E-state index in [1.807, 2.05) is 24.3 Å². The summed E-state index contributed by atoms with van der Waals surface area (Å²) in [5, 5.41) is 3.33. The lowest BCUT2D eigenvalue weighted by Gasteiger charge is -2.20. The van der Waals surface area contributed by atoms with Gasteiger partial charge in [0.05, 0.1) is 6.04 Å². The molecule has 0 aliphatic carbocycles. The van der Waals surface area contributed by atoms with E-state index in [2.05, 4.69) is 28.2 Å². The van der Waals surface area contributed by atoms with Gasteiger partial charge in [-0.2, -0.15) is 0 Å². The lowest BCUT2D eigenvalue weighted by molar-refractivity contribution is 0.558. The second kappa shape index (κ2) is 6.95. The van der Waals surface area contributed by atoms with Gasteiger partial charge in [-0.1, -0.05) is 35.0 Å². The molecule has 2 rings (SSSR count). The normalized spacial score (nSPS) is 12.4. The topological polar surface area (TPSA) is 12.0 Å². The monoisotopic (exact) mass is 339 g/mol. The molecule has 0 heterocycles. The molecular weight excluding hydrogens is 324 g/mol. The Morgan fingerprint density at radius 2 is 1.75 bits per heavy atom. The summed E-state index contributed by atoms with van der Waals surface area (Å²) in [6, 6.07) is 11.1. The van der Waals surface area contributed by atoms with Crippen LogP contribution in [-0.4, -0.2) is 6.54 Å². The van der Waals surface area contributed by atoms with Crippen molar-refractivity contribution >= 4 is 15.9 Å². The van der Waals surface area contributed by atoms with Gasteiger partial charge < -0.3 is 5.32 Å². The molecule has 20 heavy (non-hydrogen) atoms. The number of halogens is 3. The predicted octanol–water partition coefficient (Wildman–Crippen LogP) is 4.82. The highest BCUT2D eigenvalue weighted by Crippen LogP contribution is 2.26. The molecule has 0 saturated heterocycles. The van der Waals surface area contributed by atoms with Crippen LogP contribution in [0.2, 0.25) is 0 Å². The summed E-state index contributed by atoms with van der Waals surface area (Å²) in [4.78, 5) is 0. The Labute approximate surface area is 126 Å². The molecule has 1 atom stereocenters. The Hall–Kier alpha value is -1.26. The highest BCUT2D eigenvalue weighted by molar-refractivity contribution is 9.10. The van der Waals surface area contributed by atoms with E-state index in [0.29, 0.717) is 5.56 Å². The van der Waals surface area contributed by atoms with Crippen LogP contribution >= 0.6 is 15.9 Å². The summed E-state index contributed by atoms with van der Waals surface area (Å²) >= 11 is 3.42. The maximum Gasteiger partial charge on any atom is 0.126 e. The molecule has 0 aliphatic heterocycles. The van der Waals surface area contributed by atoms with E-state index in [9.17, 15) is 8.78 Å². The zero-order chi connectivity index (χ0) is 14.5. The third kappa shape index (κ3) is 3.87. The second-order valence-corrected chi connectivity index (χ2v) is 5.56. The Bertz CT molecular complexity index is 566. The van der Waals surface area contributed by atoms with E-state index in [-0.39, 0.29) is 6.04 Å². The molecular formula is C16H16BrF2N. The molecule has 4 heteroatoms. The Balaban J connectivity index is 2.41. The van der Waals surface area contributed by atoms with Gasteiger partial charge in [0.25, 0.3) is 0 Å². The standard InChI is InChI=1S/C16H16BrF2N/c1-2-6-20-16(11-4-3-5-13(17)7-11)12-8-14(18)10-15(19)9-12/h3-5,7-10,16,20H,2,6H2,1H3. The van der Waals surface area contributed by atoms with Crippen LogP contribution < -0.4 is 5.32 Å². The molecule has 0 fully saturated rings. The minimum Gasteiger partial charge on any atom is -0.306 e. The van der Waals surface area contributed by atoms with Crippen LogP contribution in [0.5, 0.6) is 0 Å². The van der Waals surface area contributed by atoms with E-state index < -0.39 is 11.6 Å². The van der Waals surface area contributed by atoms with Crippen molar-refractivity contribution < 1.29 is 8.78 Å². The summed E-state index contributed by atoms with van der Waals surface area (Å²) in [7, 11) is 0. The van der Waals surface area contributed by atoms with Gasteiger partial charge >= 0.3 is 0 Å². The molecule has 0 aliphatic rings. The van der Waals surface area contributed by atoms with Crippen molar-refractivity contribution in [1.82, 2.24) is 5.32 Å². The maximum atomic E-state index is 13.4. The van der Waals surface area contributed by atoms with Crippen molar-refractivity contribution in [3.8, 4) is 0 Å². The van der Waals surface area contributed by atoms with Crippen LogP contribution in [-0.2, 0) is 0 Å². The largest absolute Gasteiger partial charge is 0.306 e. The first-order valence-electron chi connectivity index (χ1n) is 6.55. The van der Waals surface area contributed by atoms with Crippen LogP contribution in [0.25, 0.3) is 0 Å². The van der Waals surface area contributed by atoms with E-state index in [4.69, 9.17) is 0 Å². The third-order valence-electron chi connectivity index (χ3n) is 3.00. The zero-order valence-corrected chi connectivity index (χ0v) is 12.8. The quantitative estimate of drug-likeness (QED) is 0.823. The van der Waals surface area contributed by atoms with Crippen LogP contribution in [0, 0.1) is 11.6 Å². The van der Waals surface area contributed by atoms with Gasteiger partial charge in [-0.3, -0.25) is 0 Å². The van der Waals surface area contributed by atoms with Crippen molar-refractivity contribution in [1.29, 1.82) is 0 Å². The van der Waals surface area contributed by atoms with E-state index in [1.54, 1.807) is 0 Å². The molecule has 0 bridgehead atoms. The van der Waals surface area contributed by atoms with E-state index in [1.165, 1.54) is 12.1 Å². The maximum absolute atomic E-state index is 13.4. The SMILES string of the molecule is CCCNC(c1cc(F)cc(F)c1)c1cccc(Br)c1. The predicted molar refractivity (Wildman–Crippen MR) is 80.6 cm³/mol. The number of hydrogen-bond donors (Lipinski definition) is 1. The number of benzene rings is 2. The van der Waals surface area contributed by atoms with Crippen molar-refractivity contribution in [3.05, 3.63) is 69.7 Å². The van der Waals surface area contributed by atoms with E-state index in [0.717, 1.165) is 29.1 Å². The van der Waals surface area contributed by atoms with Gasteiger partial charge in [-0.05, 0) is 48.4 Å². The fraction of sp³-hybridized carbons (Fsp3) is 0.250. The summed E-state index contributed by atoms with van der Waals surface area (Å²) in [6.45, 7) is 2.83. The molecule has 0 saturated carbocycles. The number of rotatable bonds is 5. The molecule has 106 valence electrons. The minimum absolute atomic E-state index is 0.224. The fourth-order valence-corrected chi connectivity index (χ4v) is 2.56. The number of nitrogens with one attached hydrogen (secondary N) is 1. The van der Waals surface area contributed by atoms with Crippen molar-refractivity contribution in [3.63, 3.8) is 0 Å². The highest BCUT2D eigenvalue weighted by atomic mass is 79.9. The van der Waals surface area contributed by atoms with Crippen molar-refractivity contribution in [2.75, 3.05) is 6.54 Å². The van der Waals surface area contributed by atoms with Crippen LogP contribution in [0.15, 0.2) is 46.9 Å². The molecule has 1 unspecified atom stereocenters. The first-order valence-corrected chi connectivity index (χ1v) is 7.34. The Kier molecular flexibility index (Phi) is 5.26. The van der Waals surface area contributed by atoms with Crippen LogP contribution in [0.3, 0.4) is 0 Å². The van der Waals surface area contributed by atoms with Gasteiger partial charge in [-0.15, -0.1) is 0 Å². The van der Waals surface area contributed by atoms with Crippen LogP contribution in [0.4, 0.5) is 8.78 Å². The molecule has 0 aromatic heterocycles. The Morgan fingerprint density at radius 3 is 2.35 bits per heavy atom. The first-order chi connectivity index (χ1) is 9.60. The van der Waals surface area contributed by atoms with Gasteiger partial charge in [0.2, 0.25) is 0 Å². The molecule has 0 radical (unpaired) electrons. The third-order valence-corrected chi connectivity index (χ3v) is 3.49. The van der Waals surface area contributed by atoms with Gasteiger partial charge in [0.15, 0.2) is 0 Å². The minimum atomic E-state index is -0.557. The highest BCUT2D eigenvalue weighted by Gasteiger charge is 2.15. The summed E-state index contributed by atoms with van der Waals surface area (Å²) in [6.07, 6.45) is 0.947. The summed E-state index contributed by atoms with van der Waals surface area (Å²) in [5.41, 5.74) is 1.56. The van der Waals surface area contributed by atoms with Gasteiger partial charge in [0, 0.05) is 10.5 Å². The van der Waals surface area contributed by atoms with Crippen LogP contribution in [0.1, 0.15) is 30.5 Å². The first kappa shape index (κ1) is 15.1. The van der Waals surface area contributed by atoms with Gasteiger partial charge in [-0.25, -0.2) is 8.78 Å². The zero-order valence-electron chi connectivity index (χ0n) is 11.2.